The van der Waals surface area contributed by atoms with Crippen LogP contribution in [0.3, 0.4) is 0 Å². The molecular weight excluding hydrogens is 260 g/mol. The number of nitrogens with one attached hydrogen (secondary N) is 1. The summed E-state index contributed by atoms with van der Waals surface area (Å²) in [5.74, 6) is 0.299. The Morgan fingerprint density at radius 3 is 2.67 bits per heavy atom. The molecule has 0 saturated carbocycles. The Morgan fingerprint density at radius 1 is 1.38 bits per heavy atom. The summed E-state index contributed by atoms with van der Waals surface area (Å²) in [5.41, 5.74) is 0.953. The molecule has 1 saturated heterocycles. The van der Waals surface area contributed by atoms with Gasteiger partial charge >= 0.3 is 0 Å². The van der Waals surface area contributed by atoms with E-state index in [9.17, 15) is 4.79 Å². The number of hydrogen-bond donors (Lipinski definition) is 1. The number of amides is 1. The van der Waals surface area contributed by atoms with E-state index in [2.05, 4.69) is 43.1 Å². The highest BCUT2D eigenvalue weighted by atomic mass is 16.2. The summed E-state index contributed by atoms with van der Waals surface area (Å²) in [6.45, 7) is 8.96. The summed E-state index contributed by atoms with van der Waals surface area (Å²) in [5, 5.41) is 3.38. The highest BCUT2D eigenvalue weighted by molar-refractivity contribution is 5.83. The SMILES string of the molecule is CCC(C)N(Cc1ccccc1)C(=O)C1(C)CCCNC1. The normalized spacial score (nSPS) is 23.6. The molecule has 1 aliphatic heterocycles. The average Bonchev–Trinajstić information content (AvgIpc) is 2.53. The molecule has 116 valence electrons. The molecule has 0 aromatic heterocycles. The number of rotatable bonds is 5. The molecule has 2 rings (SSSR count). The molecule has 0 radical (unpaired) electrons. The van der Waals surface area contributed by atoms with Crippen molar-refractivity contribution < 1.29 is 4.79 Å². The lowest BCUT2D eigenvalue weighted by Crippen LogP contribution is -2.52. The van der Waals surface area contributed by atoms with E-state index in [1.54, 1.807) is 0 Å². The Balaban J connectivity index is 2.17. The van der Waals surface area contributed by atoms with Crippen molar-refractivity contribution in [3.8, 4) is 0 Å². The first kappa shape index (κ1) is 16.0. The second-order valence-electron chi connectivity index (χ2n) is 6.52. The Labute approximate surface area is 128 Å². The van der Waals surface area contributed by atoms with Gasteiger partial charge in [-0.25, -0.2) is 0 Å². The molecule has 2 unspecified atom stereocenters. The quantitative estimate of drug-likeness (QED) is 0.902. The van der Waals surface area contributed by atoms with Crippen molar-refractivity contribution in [1.29, 1.82) is 0 Å². The van der Waals surface area contributed by atoms with Gasteiger partial charge in [0, 0.05) is 19.1 Å². The summed E-state index contributed by atoms with van der Waals surface area (Å²) in [4.78, 5) is 15.2. The monoisotopic (exact) mass is 288 g/mol. The van der Waals surface area contributed by atoms with Gasteiger partial charge in [-0.15, -0.1) is 0 Å². The molecule has 0 spiro atoms. The van der Waals surface area contributed by atoms with Crippen LogP contribution in [0.1, 0.15) is 45.6 Å². The molecular formula is C18H28N2O. The van der Waals surface area contributed by atoms with Gasteiger partial charge in [-0.3, -0.25) is 4.79 Å². The summed E-state index contributed by atoms with van der Waals surface area (Å²) < 4.78 is 0. The topological polar surface area (TPSA) is 32.3 Å². The van der Waals surface area contributed by atoms with Gasteiger partial charge in [-0.05, 0) is 45.2 Å². The second kappa shape index (κ2) is 7.08. The Kier molecular flexibility index (Phi) is 5.40. The van der Waals surface area contributed by atoms with Crippen LogP contribution in [-0.2, 0) is 11.3 Å². The number of carbonyl (C=O) groups excluding carboxylic acids is 1. The summed E-state index contributed by atoms with van der Waals surface area (Å²) in [6.07, 6.45) is 3.06. The molecule has 0 bridgehead atoms. The number of carbonyl (C=O) groups is 1. The van der Waals surface area contributed by atoms with Gasteiger partial charge in [0.05, 0.1) is 5.41 Å². The Bertz CT molecular complexity index is 452. The third-order valence-corrected chi connectivity index (χ3v) is 4.69. The largest absolute Gasteiger partial charge is 0.335 e. The van der Waals surface area contributed by atoms with Crippen LogP contribution in [0.2, 0.25) is 0 Å². The zero-order chi connectivity index (χ0) is 15.3. The fraction of sp³-hybridized carbons (Fsp3) is 0.611. The number of benzene rings is 1. The van der Waals surface area contributed by atoms with Gasteiger partial charge in [0.15, 0.2) is 0 Å². The van der Waals surface area contributed by atoms with Crippen molar-refractivity contribution in [2.45, 2.75) is 52.6 Å². The first-order valence-corrected chi connectivity index (χ1v) is 8.12. The molecule has 0 aliphatic carbocycles. The van der Waals surface area contributed by atoms with Gasteiger partial charge < -0.3 is 10.2 Å². The predicted octanol–water partition coefficient (Wildman–Crippen LogP) is 3.20. The fourth-order valence-electron chi connectivity index (χ4n) is 3.01. The second-order valence-corrected chi connectivity index (χ2v) is 6.52. The van der Waals surface area contributed by atoms with Gasteiger partial charge in [-0.1, -0.05) is 37.3 Å². The van der Waals surface area contributed by atoms with E-state index in [1.165, 1.54) is 5.56 Å². The minimum absolute atomic E-state index is 0.254. The standard InChI is InChI=1S/C18H28N2O/c1-4-15(2)20(13-16-9-6-5-7-10-16)17(21)18(3)11-8-12-19-14-18/h5-7,9-10,15,19H,4,8,11-14H2,1-3H3. The van der Waals surface area contributed by atoms with E-state index in [0.29, 0.717) is 12.5 Å². The summed E-state index contributed by atoms with van der Waals surface area (Å²) in [7, 11) is 0. The van der Waals surface area contributed by atoms with Crippen molar-refractivity contribution in [2.75, 3.05) is 13.1 Å². The van der Waals surface area contributed by atoms with Crippen LogP contribution in [0, 0.1) is 5.41 Å². The molecule has 1 amide bonds. The molecule has 2 atom stereocenters. The van der Waals surface area contributed by atoms with Crippen molar-refractivity contribution in [3.63, 3.8) is 0 Å². The van der Waals surface area contributed by atoms with E-state index in [0.717, 1.165) is 32.4 Å². The maximum atomic E-state index is 13.1. The van der Waals surface area contributed by atoms with Gasteiger partial charge in [0.1, 0.15) is 0 Å². The molecule has 3 heteroatoms. The van der Waals surface area contributed by atoms with Crippen LogP contribution in [0.5, 0.6) is 0 Å². The van der Waals surface area contributed by atoms with Gasteiger partial charge in [0.25, 0.3) is 0 Å². The molecule has 1 aromatic carbocycles. The number of hydrogen-bond acceptors (Lipinski definition) is 2. The number of nitrogens with zero attached hydrogens (tertiary/aromatic N) is 1. The van der Waals surface area contributed by atoms with E-state index < -0.39 is 0 Å². The first-order valence-electron chi connectivity index (χ1n) is 8.12. The van der Waals surface area contributed by atoms with E-state index in [-0.39, 0.29) is 11.5 Å². The maximum absolute atomic E-state index is 13.1. The smallest absolute Gasteiger partial charge is 0.230 e. The van der Waals surface area contributed by atoms with Crippen molar-refractivity contribution in [2.24, 2.45) is 5.41 Å². The third kappa shape index (κ3) is 3.85. The lowest BCUT2D eigenvalue weighted by molar-refractivity contribution is -0.145. The van der Waals surface area contributed by atoms with Crippen LogP contribution >= 0.6 is 0 Å². The lowest BCUT2D eigenvalue weighted by Gasteiger charge is -2.40. The van der Waals surface area contributed by atoms with Crippen LogP contribution < -0.4 is 5.32 Å². The Hall–Kier alpha value is -1.35. The molecule has 21 heavy (non-hydrogen) atoms. The predicted molar refractivity (Wildman–Crippen MR) is 87.0 cm³/mol. The number of piperidine rings is 1. The zero-order valence-corrected chi connectivity index (χ0v) is 13.6. The molecule has 1 aliphatic rings. The molecule has 3 nitrogen and oxygen atoms in total. The first-order chi connectivity index (χ1) is 10.1. The van der Waals surface area contributed by atoms with E-state index in [4.69, 9.17) is 0 Å². The third-order valence-electron chi connectivity index (χ3n) is 4.69. The lowest BCUT2D eigenvalue weighted by atomic mass is 9.81. The van der Waals surface area contributed by atoms with E-state index in [1.807, 2.05) is 18.2 Å². The minimum atomic E-state index is -0.254. The Morgan fingerprint density at radius 2 is 2.10 bits per heavy atom. The van der Waals surface area contributed by atoms with Crippen molar-refractivity contribution in [1.82, 2.24) is 10.2 Å². The maximum Gasteiger partial charge on any atom is 0.230 e. The van der Waals surface area contributed by atoms with Crippen molar-refractivity contribution in [3.05, 3.63) is 35.9 Å². The van der Waals surface area contributed by atoms with Crippen LogP contribution in [0.15, 0.2) is 30.3 Å². The minimum Gasteiger partial charge on any atom is -0.335 e. The molecule has 1 N–H and O–H groups in total. The summed E-state index contributed by atoms with van der Waals surface area (Å²) in [6, 6.07) is 10.6. The molecule has 1 heterocycles. The van der Waals surface area contributed by atoms with Crippen LogP contribution in [-0.4, -0.2) is 29.9 Å². The molecule has 1 fully saturated rings. The highest BCUT2D eigenvalue weighted by Crippen LogP contribution is 2.30. The van der Waals surface area contributed by atoms with Crippen molar-refractivity contribution >= 4 is 5.91 Å². The average molecular weight is 288 g/mol. The fourth-order valence-corrected chi connectivity index (χ4v) is 3.01. The highest BCUT2D eigenvalue weighted by Gasteiger charge is 2.38. The molecule has 1 aromatic rings. The van der Waals surface area contributed by atoms with Crippen LogP contribution in [0.25, 0.3) is 0 Å². The van der Waals surface area contributed by atoms with Gasteiger partial charge in [0.2, 0.25) is 5.91 Å². The zero-order valence-electron chi connectivity index (χ0n) is 13.6. The van der Waals surface area contributed by atoms with Gasteiger partial charge in [-0.2, -0.15) is 0 Å². The summed E-state index contributed by atoms with van der Waals surface area (Å²) >= 11 is 0. The van der Waals surface area contributed by atoms with E-state index >= 15 is 0 Å². The van der Waals surface area contributed by atoms with Crippen LogP contribution in [0.4, 0.5) is 0 Å².